The molecule has 4 nitrogen and oxygen atoms in total. The minimum Gasteiger partial charge on any atom is -0.443 e. The maximum atomic E-state index is 10.5. The third-order valence-corrected chi connectivity index (χ3v) is 0.829. The van der Waals surface area contributed by atoms with E-state index in [2.05, 4.69) is 10.1 Å². The van der Waals surface area contributed by atoms with Gasteiger partial charge >= 0.3 is 6.09 Å². The molecule has 0 rings (SSSR count). The van der Waals surface area contributed by atoms with Crippen molar-refractivity contribution in [2.24, 2.45) is 0 Å². The zero-order valence-electron chi connectivity index (χ0n) is 5.96. The van der Waals surface area contributed by atoms with Crippen molar-refractivity contribution in [1.29, 1.82) is 0 Å². The molecule has 0 spiro atoms. The van der Waals surface area contributed by atoms with Gasteiger partial charge in [-0.15, -0.1) is 0 Å². The van der Waals surface area contributed by atoms with Gasteiger partial charge in [-0.3, -0.25) is 0 Å². The van der Waals surface area contributed by atoms with Crippen LogP contribution in [-0.2, 0) is 4.74 Å². The largest absolute Gasteiger partial charge is 0.443 e. The Morgan fingerprint density at radius 3 is 3.00 bits per heavy atom. The van der Waals surface area contributed by atoms with Crippen molar-refractivity contribution in [3.63, 3.8) is 0 Å². The molecule has 0 aromatic carbocycles. The predicted octanol–water partition coefficient (Wildman–Crippen LogP) is 0.277. The van der Waals surface area contributed by atoms with Crippen molar-refractivity contribution in [1.82, 2.24) is 5.32 Å². The van der Waals surface area contributed by atoms with Crippen LogP contribution in [0.3, 0.4) is 0 Å². The second-order valence-corrected chi connectivity index (χ2v) is 1.64. The van der Waals surface area contributed by atoms with E-state index < -0.39 is 6.09 Å². The SMILES string of the molecule is C[CH]OC(=O)NCCCO. The second-order valence-electron chi connectivity index (χ2n) is 1.64. The number of aliphatic hydroxyl groups is 1. The number of hydrogen-bond donors (Lipinski definition) is 2. The lowest BCUT2D eigenvalue weighted by Crippen LogP contribution is -2.24. The van der Waals surface area contributed by atoms with E-state index in [4.69, 9.17) is 5.11 Å². The summed E-state index contributed by atoms with van der Waals surface area (Å²) >= 11 is 0. The van der Waals surface area contributed by atoms with Crippen molar-refractivity contribution < 1.29 is 14.6 Å². The lowest BCUT2D eigenvalue weighted by molar-refractivity contribution is 0.172. The van der Waals surface area contributed by atoms with Crippen molar-refractivity contribution >= 4 is 6.09 Å². The summed E-state index contributed by atoms with van der Waals surface area (Å²) in [6.45, 7) is 3.44. The van der Waals surface area contributed by atoms with Gasteiger partial charge in [0.2, 0.25) is 0 Å². The number of ether oxygens (including phenoxy) is 1. The van der Waals surface area contributed by atoms with Crippen LogP contribution in [-0.4, -0.2) is 24.4 Å². The summed E-state index contributed by atoms with van der Waals surface area (Å²) in [5.74, 6) is 0. The molecule has 0 atom stereocenters. The lowest BCUT2D eigenvalue weighted by atomic mass is 10.5. The summed E-state index contributed by atoms with van der Waals surface area (Å²) in [6.07, 6.45) is 0.0784. The number of alkyl carbamates (subject to hydrolysis) is 1. The predicted molar refractivity (Wildman–Crippen MR) is 36.2 cm³/mol. The van der Waals surface area contributed by atoms with E-state index in [1.54, 1.807) is 6.92 Å². The zero-order chi connectivity index (χ0) is 7.82. The Labute approximate surface area is 60.2 Å². The first kappa shape index (κ1) is 9.23. The zero-order valence-corrected chi connectivity index (χ0v) is 5.96. The molecule has 0 aromatic rings. The molecule has 0 unspecified atom stereocenters. The number of amides is 1. The van der Waals surface area contributed by atoms with Gasteiger partial charge in [0.05, 0.1) is 0 Å². The molecule has 0 aliphatic rings. The Kier molecular flexibility index (Phi) is 5.86. The van der Waals surface area contributed by atoms with Gasteiger partial charge in [-0.1, -0.05) is 0 Å². The van der Waals surface area contributed by atoms with Crippen LogP contribution in [0.4, 0.5) is 4.79 Å². The van der Waals surface area contributed by atoms with Crippen molar-refractivity contribution in [3.05, 3.63) is 6.61 Å². The molecule has 4 heteroatoms. The maximum Gasteiger partial charge on any atom is 0.407 e. The highest BCUT2D eigenvalue weighted by atomic mass is 16.5. The van der Waals surface area contributed by atoms with E-state index in [1.807, 2.05) is 0 Å². The van der Waals surface area contributed by atoms with Gasteiger partial charge in [-0.05, 0) is 13.3 Å². The number of carbonyl (C=O) groups is 1. The topological polar surface area (TPSA) is 58.6 Å². The fourth-order valence-corrected chi connectivity index (χ4v) is 0.418. The Morgan fingerprint density at radius 2 is 2.50 bits per heavy atom. The highest BCUT2D eigenvalue weighted by Crippen LogP contribution is 1.80. The molecule has 0 aliphatic carbocycles. The van der Waals surface area contributed by atoms with Crippen LogP contribution in [0.25, 0.3) is 0 Å². The first-order valence-electron chi connectivity index (χ1n) is 3.14. The number of rotatable bonds is 4. The van der Waals surface area contributed by atoms with E-state index >= 15 is 0 Å². The number of aliphatic hydroxyl groups excluding tert-OH is 1. The number of hydrogen-bond acceptors (Lipinski definition) is 3. The van der Waals surface area contributed by atoms with Crippen LogP contribution in [0.2, 0.25) is 0 Å². The minimum absolute atomic E-state index is 0.0795. The average molecular weight is 146 g/mol. The molecular weight excluding hydrogens is 134 g/mol. The number of nitrogens with one attached hydrogen (secondary N) is 1. The molecule has 0 saturated heterocycles. The molecule has 1 radical (unpaired) electrons. The highest BCUT2D eigenvalue weighted by Gasteiger charge is 1.96. The van der Waals surface area contributed by atoms with Crippen molar-refractivity contribution in [2.75, 3.05) is 13.2 Å². The van der Waals surface area contributed by atoms with Crippen molar-refractivity contribution in [2.45, 2.75) is 13.3 Å². The summed E-state index contributed by atoms with van der Waals surface area (Å²) in [7, 11) is 0. The third-order valence-electron chi connectivity index (χ3n) is 0.829. The lowest BCUT2D eigenvalue weighted by Gasteiger charge is -2.01. The van der Waals surface area contributed by atoms with Gasteiger partial charge in [-0.25, -0.2) is 4.79 Å². The molecule has 0 saturated carbocycles. The van der Waals surface area contributed by atoms with E-state index in [1.165, 1.54) is 6.61 Å². The standard InChI is InChI=1S/C6H12NO3/c1-2-10-6(9)7-4-3-5-8/h2,8H,3-5H2,1H3,(H,7,9). The van der Waals surface area contributed by atoms with Crippen molar-refractivity contribution in [3.8, 4) is 0 Å². The third kappa shape index (κ3) is 5.37. The normalized spacial score (nSPS) is 9.00. The summed E-state index contributed by atoms with van der Waals surface area (Å²) in [5, 5.41) is 10.7. The molecule has 0 heterocycles. The molecule has 10 heavy (non-hydrogen) atoms. The quantitative estimate of drug-likeness (QED) is 0.560. The molecule has 2 N–H and O–H groups in total. The summed E-state index contributed by atoms with van der Waals surface area (Å²) in [4.78, 5) is 10.5. The Hall–Kier alpha value is -0.770. The summed E-state index contributed by atoms with van der Waals surface area (Å²) in [5.41, 5.74) is 0. The molecule has 0 bridgehead atoms. The van der Waals surface area contributed by atoms with Gasteiger partial charge in [-0.2, -0.15) is 0 Å². The van der Waals surface area contributed by atoms with E-state index in [9.17, 15) is 4.79 Å². The first-order chi connectivity index (χ1) is 4.81. The van der Waals surface area contributed by atoms with Crippen LogP contribution in [0.1, 0.15) is 13.3 Å². The van der Waals surface area contributed by atoms with E-state index in [0.717, 1.165) is 0 Å². The molecule has 1 amide bonds. The minimum atomic E-state index is -0.476. The Morgan fingerprint density at radius 1 is 1.80 bits per heavy atom. The fourth-order valence-electron chi connectivity index (χ4n) is 0.418. The van der Waals surface area contributed by atoms with Gasteiger partial charge < -0.3 is 15.2 Å². The molecule has 59 valence electrons. The Balaban J connectivity index is 3.05. The van der Waals surface area contributed by atoms with Crippen LogP contribution in [0.15, 0.2) is 0 Å². The van der Waals surface area contributed by atoms with Gasteiger partial charge in [0, 0.05) is 13.2 Å². The maximum absolute atomic E-state index is 10.5. The first-order valence-corrected chi connectivity index (χ1v) is 3.14. The monoisotopic (exact) mass is 146 g/mol. The summed E-state index contributed by atoms with van der Waals surface area (Å²) in [6, 6.07) is 0. The summed E-state index contributed by atoms with van der Waals surface area (Å²) < 4.78 is 4.43. The van der Waals surface area contributed by atoms with Crippen LogP contribution in [0.5, 0.6) is 0 Å². The molecular formula is C6H12NO3. The fraction of sp³-hybridized carbons (Fsp3) is 0.667. The smallest absolute Gasteiger partial charge is 0.407 e. The molecule has 0 aromatic heterocycles. The van der Waals surface area contributed by atoms with E-state index in [-0.39, 0.29) is 6.61 Å². The molecule has 0 fully saturated rings. The van der Waals surface area contributed by atoms with Gasteiger partial charge in [0.1, 0.15) is 6.61 Å². The Bertz CT molecular complexity index is 95.0. The second kappa shape index (κ2) is 6.35. The van der Waals surface area contributed by atoms with Gasteiger partial charge in [0.25, 0.3) is 0 Å². The van der Waals surface area contributed by atoms with Crippen LogP contribution < -0.4 is 5.32 Å². The van der Waals surface area contributed by atoms with Crippen LogP contribution in [0, 0.1) is 6.61 Å². The average Bonchev–Trinajstić information content (AvgIpc) is 1.89. The number of carbonyl (C=O) groups excluding carboxylic acids is 1. The van der Waals surface area contributed by atoms with Crippen LogP contribution >= 0.6 is 0 Å². The molecule has 0 aliphatic heterocycles. The highest BCUT2D eigenvalue weighted by molar-refractivity contribution is 5.67. The van der Waals surface area contributed by atoms with Gasteiger partial charge in [0.15, 0.2) is 0 Å². The van der Waals surface area contributed by atoms with E-state index in [0.29, 0.717) is 13.0 Å².